The van der Waals surface area contributed by atoms with Crippen LogP contribution in [0.2, 0.25) is 0 Å². The fourth-order valence-electron chi connectivity index (χ4n) is 2.36. The van der Waals surface area contributed by atoms with Gasteiger partial charge in [-0.2, -0.15) is 0 Å². The number of amides is 2. The van der Waals surface area contributed by atoms with E-state index in [2.05, 4.69) is 10.3 Å². The molecule has 1 atom stereocenters. The first-order valence-electron chi connectivity index (χ1n) is 6.25. The Morgan fingerprint density at radius 2 is 2.35 bits per heavy atom. The number of hydrogen-bond acceptors (Lipinski definition) is 4. The monoisotopic (exact) mass is 291 g/mol. The van der Waals surface area contributed by atoms with Crippen molar-refractivity contribution in [2.45, 2.75) is 6.42 Å². The van der Waals surface area contributed by atoms with E-state index in [4.69, 9.17) is 5.11 Å². The number of carbonyl (C=O) groups excluding carboxylic acids is 1. The van der Waals surface area contributed by atoms with E-state index in [0.29, 0.717) is 13.0 Å². The first-order chi connectivity index (χ1) is 9.65. The Labute approximate surface area is 119 Å². The lowest BCUT2D eigenvalue weighted by atomic mass is 10.1. The Balaban J connectivity index is 1.72. The van der Waals surface area contributed by atoms with Crippen LogP contribution in [-0.2, 0) is 4.79 Å². The third kappa shape index (κ3) is 2.32. The van der Waals surface area contributed by atoms with Gasteiger partial charge in [-0.1, -0.05) is 0 Å². The normalized spacial score (nSPS) is 18.4. The van der Waals surface area contributed by atoms with E-state index < -0.39 is 6.09 Å². The number of nitrogens with zero attached hydrogens (tertiary/aromatic N) is 2. The topological polar surface area (TPSA) is 82.5 Å². The van der Waals surface area contributed by atoms with E-state index >= 15 is 0 Å². The summed E-state index contributed by atoms with van der Waals surface area (Å²) in [4.78, 5) is 28.3. The van der Waals surface area contributed by atoms with Crippen molar-refractivity contribution in [3.05, 3.63) is 23.8 Å². The van der Waals surface area contributed by atoms with Crippen LogP contribution in [-0.4, -0.2) is 40.1 Å². The SMILES string of the molecule is O=C(Nc1csc2cnccc12)C1CCN(C(=O)O)C1. The van der Waals surface area contributed by atoms with E-state index in [1.165, 1.54) is 16.2 Å². The molecule has 2 amide bonds. The van der Waals surface area contributed by atoms with Crippen molar-refractivity contribution < 1.29 is 14.7 Å². The van der Waals surface area contributed by atoms with Crippen LogP contribution in [0.5, 0.6) is 0 Å². The lowest BCUT2D eigenvalue weighted by molar-refractivity contribution is -0.119. The molecule has 2 aromatic rings. The van der Waals surface area contributed by atoms with Gasteiger partial charge in [0.1, 0.15) is 0 Å². The average molecular weight is 291 g/mol. The zero-order valence-electron chi connectivity index (χ0n) is 10.6. The highest BCUT2D eigenvalue weighted by Crippen LogP contribution is 2.30. The molecular formula is C13H13N3O3S. The molecule has 3 rings (SSSR count). The molecule has 0 bridgehead atoms. The lowest BCUT2D eigenvalue weighted by Gasteiger charge is -2.12. The first-order valence-corrected chi connectivity index (χ1v) is 7.13. The molecule has 1 unspecified atom stereocenters. The summed E-state index contributed by atoms with van der Waals surface area (Å²) in [6.07, 6.45) is 3.05. The van der Waals surface area contributed by atoms with Crippen molar-refractivity contribution in [3.8, 4) is 0 Å². The van der Waals surface area contributed by atoms with E-state index in [-0.39, 0.29) is 18.4 Å². The number of carbonyl (C=O) groups is 2. The highest BCUT2D eigenvalue weighted by Gasteiger charge is 2.31. The minimum absolute atomic E-state index is 0.120. The van der Waals surface area contributed by atoms with Crippen LogP contribution in [0.15, 0.2) is 23.8 Å². The number of nitrogens with one attached hydrogen (secondary N) is 1. The number of pyridine rings is 1. The van der Waals surface area contributed by atoms with Gasteiger partial charge in [0.25, 0.3) is 0 Å². The van der Waals surface area contributed by atoms with Crippen LogP contribution in [0.4, 0.5) is 10.5 Å². The van der Waals surface area contributed by atoms with E-state index in [1.807, 2.05) is 11.4 Å². The standard InChI is InChI=1S/C13H13N3O3S/c17-12(8-2-4-16(6-8)13(18)19)15-10-7-20-11-5-14-3-1-9(10)11/h1,3,5,7-8H,2,4,6H2,(H,15,17)(H,18,19). The molecule has 6 nitrogen and oxygen atoms in total. The fourth-order valence-corrected chi connectivity index (χ4v) is 3.22. The van der Waals surface area contributed by atoms with Gasteiger partial charge in [-0.05, 0) is 12.5 Å². The Kier molecular flexibility index (Phi) is 3.27. The molecule has 0 spiro atoms. The molecule has 0 saturated carbocycles. The maximum absolute atomic E-state index is 12.2. The van der Waals surface area contributed by atoms with Gasteiger partial charge in [-0.3, -0.25) is 9.78 Å². The van der Waals surface area contributed by atoms with Gasteiger partial charge >= 0.3 is 6.09 Å². The predicted octanol–water partition coefficient (Wildman–Crippen LogP) is 2.23. The Hall–Kier alpha value is -2.15. The Morgan fingerprint density at radius 3 is 3.10 bits per heavy atom. The van der Waals surface area contributed by atoms with Gasteiger partial charge in [0, 0.05) is 36.2 Å². The molecule has 2 N–H and O–H groups in total. The van der Waals surface area contributed by atoms with Crippen molar-refractivity contribution >= 4 is 39.1 Å². The van der Waals surface area contributed by atoms with E-state index in [1.54, 1.807) is 12.4 Å². The molecule has 3 heterocycles. The number of thiophene rings is 1. The summed E-state index contributed by atoms with van der Waals surface area (Å²) in [6.45, 7) is 0.687. The molecule has 1 fully saturated rings. The summed E-state index contributed by atoms with van der Waals surface area (Å²) >= 11 is 1.52. The van der Waals surface area contributed by atoms with Crippen molar-refractivity contribution in [1.29, 1.82) is 0 Å². The van der Waals surface area contributed by atoms with Crippen molar-refractivity contribution in [3.63, 3.8) is 0 Å². The molecule has 104 valence electrons. The quantitative estimate of drug-likeness (QED) is 0.889. The number of likely N-dealkylation sites (tertiary alicyclic amines) is 1. The maximum Gasteiger partial charge on any atom is 0.407 e. The molecule has 7 heteroatoms. The summed E-state index contributed by atoms with van der Waals surface area (Å²) in [5.41, 5.74) is 0.770. The predicted molar refractivity (Wildman–Crippen MR) is 76.0 cm³/mol. The zero-order chi connectivity index (χ0) is 14.1. The van der Waals surface area contributed by atoms with Crippen molar-refractivity contribution in [1.82, 2.24) is 9.88 Å². The molecule has 20 heavy (non-hydrogen) atoms. The number of aromatic nitrogens is 1. The van der Waals surface area contributed by atoms with Gasteiger partial charge < -0.3 is 15.3 Å². The minimum atomic E-state index is -0.965. The smallest absolute Gasteiger partial charge is 0.407 e. The van der Waals surface area contributed by atoms with Gasteiger partial charge in [-0.15, -0.1) is 11.3 Å². The number of carboxylic acid groups (broad SMARTS) is 1. The van der Waals surface area contributed by atoms with Crippen LogP contribution >= 0.6 is 11.3 Å². The van der Waals surface area contributed by atoms with Gasteiger partial charge in [0.15, 0.2) is 0 Å². The number of anilines is 1. The van der Waals surface area contributed by atoms with Crippen LogP contribution < -0.4 is 5.32 Å². The van der Waals surface area contributed by atoms with Crippen LogP contribution in [0.25, 0.3) is 10.1 Å². The largest absolute Gasteiger partial charge is 0.465 e. The molecule has 2 aromatic heterocycles. The second-order valence-corrected chi connectivity index (χ2v) is 5.64. The Bertz CT molecular complexity index is 670. The molecular weight excluding hydrogens is 278 g/mol. The highest BCUT2D eigenvalue weighted by atomic mass is 32.1. The Morgan fingerprint density at radius 1 is 1.50 bits per heavy atom. The fraction of sp³-hybridized carbons (Fsp3) is 0.308. The molecule has 1 aliphatic heterocycles. The molecule has 0 radical (unpaired) electrons. The molecule has 1 saturated heterocycles. The van der Waals surface area contributed by atoms with E-state index in [0.717, 1.165) is 15.8 Å². The minimum Gasteiger partial charge on any atom is -0.465 e. The average Bonchev–Trinajstić information content (AvgIpc) is 3.06. The third-order valence-corrected chi connectivity index (χ3v) is 4.40. The first kappa shape index (κ1) is 12.9. The summed E-state index contributed by atoms with van der Waals surface area (Å²) in [6, 6.07) is 1.86. The summed E-state index contributed by atoms with van der Waals surface area (Å²) < 4.78 is 1.02. The number of fused-ring (bicyclic) bond motifs is 1. The number of rotatable bonds is 2. The van der Waals surface area contributed by atoms with E-state index in [9.17, 15) is 9.59 Å². The molecule has 1 aliphatic rings. The summed E-state index contributed by atoms with van der Waals surface area (Å²) in [5.74, 6) is -0.395. The van der Waals surface area contributed by atoms with Gasteiger partial charge in [0.2, 0.25) is 5.91 Å². The van der Waals surface area contributed by atoms with Crippen molar-refractivity contribution in [2.24, 2.45) is 5.92 Å². The third-order valence-electron chi connectivity index (χ3n) is 3.47. The second kappa shape index (κ2) is 5.09. The number of hydrogen-bond donors (Lipinski definition) is 2. The highest BCUT2D eigenvalue weighted by molar-refractivity contribution is 7.17. The zero-order valence-corrected chi connectivity index (χ0v) is 11.4. The second-order valence-electron chi connectivity index (χ2n) is 4.72. The molecule has 0 aliphatic carbocycles. The lowest BCUT2D eigenvalue weighted by Crippen LogP contribution is -2.30. The maximum atomic E-state index is 12.2. The van der Waals surface area contributed by atoms with Gasteiger partial charge in [0.05, 0.1) is 16.3 Å². The van der Waals surface area contributed by atoms with Crippen LogP contribution in [0.3, 0.4) is 0 Å². The van der Waals surface area contributed by atoms with Crippen LogP contribution in [0.1, 0.15) is 6.42 Å². The summed E-state index contributed by atoms with van der Waals surface area (Å²) in [5, 5.41) is 14.6. The summed E-state index contributed by atoms with van der Waals surface area (Å²) in [7, 11) is 0. The molecule has 0 aromatic carbocycles. The van der Waals surface area contributed by atoms with Gasteiger partial charge in [-0.25, -0.2) is 4.79 Å². The van der Waals surface area contributed by atoms with Crippen molar-refractivity contribution in [2.75, 3.05) is 18.4 Å². The van der Waals surface area contributed by atoms with Crippen LogP contribution in [0, 0.1) is 5.92 Å².